The monoisotopic (exact) mass is 268 g/mol. The highest BCUT2D eigenvalue weighted by Crippen LogP contribution is 2.37. The van der Waals surface area contributed by atoms with Crippen LogP contribution >= 0.6 is 0 Å². The van der Waals surface area contributed by atoms with Crippen LogP contribution in [0.25, 0.3) is 0 Å². The molecule has 1 aromatic carbocycles. The number of rotatable bonds is 7. The average Bonchev–Trinajstić information content (AvgIpc) is 2.38. The van der Waals surface area contributed by atoms with Gasteiger partial charge in [0.05, 0.1) is 26.2 Å². The van der Waals surface area contributed by atoms with Crippen molar-refractivity contribution < 1.29 is 24.1 Å². The number of hydrogen-bond acceptors (Lipinski definition) is 4. The SMILES string of the molecule is COc1cccc(OC)c1OCCC(C)(C)C(=O)O. The van der Waals surface area contributed by atoms with Crippen molar-refractivity contribution in [3.05, 3.63) is 18.2 Å². The molecule has 0 heterocycles. The minimum atomic E-state index is -0.844. The number of carboxylic acid groups (broad SMARTS) is 1. The van der Waals surface area contributed by atoms with Gasteiger partial charge in [0.2, 0.25) is 5.75 Å². The fraction of sp³-hybridized carbons (Fsp3) is 0.500. The maximum absolute atomic E-state index is 11.0. The van der Waals surface area contributed by atoms with Gasteiger partial charge in [-0.3, -0.25) is 4.79 Å². The number of carboxylic acids is 1. The van der Waals surface area contributed by atoms with Gasteiger partial charge in [0.25, 0.3) is 0 Å². The first-order valence-electron chi connectivity index (χ1n) is 5.99. The van der Waals surface area contributed by atoms with Crippen molar-refractivity contribution in [1.29, 1.82) is 0 Å². The molecule has 0 aliphatic carbocycles. The van der Waals surface area contributed by atoms with Crippen LogP contribution in [0.3, 0.4) is 0 Å². The second-order valence-corrected chi connectivity index (χ2v) is 4.78. The standard InChI is InChI=1S/C14H20O5/c1-14(2,13(15)16)8-9-19-12-10(17-3)6-5-7-11(12)18-4/h5-7H,8-9H2,1-4H3,(H,15,16). The molecule has 0 aromatic heterocycles. The van der Waals surface area contributed by atoms with E-state index < -0.39 is 11.4 Å². The van der Waals surface area contributed by atoms with Gasteiger partial charge < -0.3 is 19.3 Å². The van der Waals surface area contributed by atoms with Crippen molar-refractivity contribution in [1.82, 2.24) is 0 Å². The number of carbonyl (C=O) groups is 1. The first-order valence-corrected chi connectivity index (χ1v) is 5.99. The summed E-state index contributed by atoms with van der Waals surface area (Å²) in [7, 11) is 3.09. The quantitative estimate of drug-likeness (QED) is 0.823. The van der Waals surface area contributed by atoms with E-state index >= 15 is 0 Å². The van der Waals surface area contributed by atoms with Gasteiger partial charge in [-0.25, -0.2) is 0 Å². The molecular formula is C14H20O5. The van der Waals surface area contributed by atoms with Crippen LogP contribution in [-0.4, -0.2) is 31.9 Å². The first-order chi connectivity index (χ1) is 8.92. The third kappa shape index (κ3) is 3.77. The molecule has 0 aliphatic heterocycles. The molecule has 0 atom stereocenters. The average molecular weight is 268 g/mol. The van der Waals surface area contributed by atoms with Crippen molar-refractivity contribution in [2.75, 3.05) is 20.8 Å². The number of aliphatic carboxylic acids is 1. The molecule has 0 fully saturated rings. The predicted octanol–water partition coefficient (Wildman–Crippen LogP) is 2.58. The number of benzene rings is 1. The van der Waals surface area contributed by atoms with Crippen molar-refractivity contribution in [2.24, 2.45) is 5.41 Å². The molecule has 0 aliphatic rings. The number of ether oxygens (including phenoxy) is 3. The molecular weight excluding hydrogens is 248 g/mol. The fourth-order valence-electron chi connectivity index (χ4n) is 1.47. The number of methoxy groups -OCH3 is 2. The lowest BCUT2D eigenvalue weighted by Gasteiger charge is -2.20. The Kier molecular flexibility index (Phi) is 5.03. The van der Waals surface area contributed by atoms with Crippen molar-refractivity contribution in [3.63, 3.8) is 0 Å². The molecule has 0 saturated heterocycles. The molecule has 1 N–H and O–H groups in total. The molecule has 5 heteroatoms. The molecule has 106 valence electrons. The lowest BCUT2D eigenvalue weighted by Crippen LogP contribution is -2.26. The minimum Gasteiger partial charge on any atom is -0.493 e. The van der Waals surface area contributed by atoms with E-state index in [0.29, 0.717) is 23.7 Å². The summed E-state index contributed by atoms with van der Waals surface area (Å²) < 4.78 is 16.0. The highest BCUT2D eigenvalue weighted by atomic mass is 16.5. The Morgan fingerprint density at radius 2 is 1.74 bits per heavy atom. The summed E-state index contributed by atoms with van der Waals surface area (Å²) in [6.45, 7) is 3.60. The Bertz CT molecular complexity index is 417. The molecule has 1 aromatic rings. The van der Waals surface area contributed by atoms with Crippen molar-refractivity contribution in [3.8, 4) is 17.2 Å². The van der Waals surface area contributed by atoms with Crippen LogP contribution in [0, 0.1) is 5.41 Å². The van der Waals surface area contributed by atoms with E-state index in [1.807, 2.05) is 0 Å². The van der Waals surface area contributed by atoms with E-state index in [1.54, 1.807) is 46.3 Å². The van der Waals surface area contributed by atoms with Crippen LogP contribution in [0.15, 0.2) is 18.2 Å². The van der Waals surface area contributed by atoms with Gasteiger partial charge >= 0.3 is 5.97 Å². The summed E-state index contributed by atoms with van der Waals surface area (Å²) in [4.78, 5) is 11.0. The predicted molar refractivity (Wildman–Crippen MR) is 71.1 cm³/mol. The Labute approximate surface area is 113 Å². The summed E-state index contributed by atoms with van der Waals surface area (Å²) in [5, 5.41) is 9.04. The Balaban J connectivity index is 2.75. The summed E-state index contributed by atoms with van der Waals surface area (Å²) >= 11 is 0. The van der Waals surface area contributed by atoms with Crippen LogP contribution in [-0.2, 0) is 4.79 Å². The summed E-state index contributed by atoms with van der Waals surface area (Å²) in [5.41, 5.74) is -0.824. The van der Waals surface area contributed by atoms with Gasteiger partial charge in [0.1, 0.15) is 0 Å². The van der Waals surface area contributed by atoms with E-state index in [4.69, 9.17) is 19.3 Å². The number of hydrogen-bond donors (Lipinski definition) is 1. The molecule has 1 rings (SSSR count). The smallest absolute Gasteiger partial charge is 0.309 e. The fourth-order valence-corrected chi connectivity index (χ4v) is 1.47. The lowest BCUT2D eigenvalue weighted by molar-refractivity contribution is -0.147. The molecule has 0 amide bonds. The van der Waals surface area contributed by atoms with Gasteiger partial charge in [0.15, 0.2) is 11.5 Å². The zero-order chi connectivity index (χ0) is 14.5. The second kappa shape index (κ2) is 6.31. The van der Waals surface area contributed by atoms with E-state index in [-0.39, 0.29) is 6.61 Å². The van der Waals surface area contributed by atoms with Crippen molar-refractivity contribution >= 4 is 5.97 Å². The Morgan fingerprint density at radius 1 is 1.21 bits per heavy atom. The molecule has 0 radical (unpaired) electrons. The summed E-state index contributed by atoms with van der Waals surface area (Å²) in [6.07, 6.45) is 0.392. The molecule has 19 heavy (non-hydrogen) atoms. The summed E-state index contributed by atoms with van der Waals surface area (Å²) in [5.74, 6) is 0.775. The zero-order valence-corrected chi connectivity index (χ0v) is 11.7. The zero-order valence-electron chi connectivity index (χ0n) is 11.7. The summed E-state index contributed by atoms with van der Waals surface area (Å²) in [6, 6.07) is 5.33. The minimum absolute atomic E-state index is 0.274. The van der Waals surface area contributed by atoms with Crippen LogP contribution in [0.2, 0.25) is 0 Å². The van der Waals surface area contributed by atoms with E-state index in [0.717, 1.165) is 0 Å². The van der Waals surface area contributed by atoms with Crippen LogP contribution in [0.4, 0.5) is 0 Å². The first kappa shape index (κ1) is 15.1. The van der Waals surface area contributed by atoms with Crippen molar-refractivity contribution in [2.45, 2.75) is 20.3 Å². The van der Waals surface area contributed by atoms with Crippen LogP contribution in [0.5, 0.6) is 17.2 Å². The normalized spacial score (nSPS) is 10.9. The topological polar surface area (TPSA) is 65.0 Å². The third-order valence-electron chi connectivity index (χ3n) is 2.94. The third-order valence-corrected chi connectivity index (χ3v) is 2.94. The Morgan fingerprint density at radius 3 is 2.16 bits per heavy atom. The van der Waals surface area contributed by atoms with Gasteiger partial charge in [-0.1, -0.05) is 6.07 Å². The molecule has 0 spiro atoms. The number of para-hydroxylation sites is 1. The van der Waals surface area contributed by atoms with Gasteiger partial charge in [0, 0.05) is 0 Å². The highest BCUT2D eigenvalue weighted by Gasteiger charge is 2.27. The maximum atomic E-state index is 11.0. The maximum Gasteiger partial charge on any atom is 0.309 e. The molecule has 0 saturated carbocycles. The lowest BCUT2D eigenvalue weighted by atomic mass is 9.90. The van der Waals surface area contributed by atoms with E-state index in [2.05, 4.69) is 0 Å². The second-order valence-electron chi connectivity index (χ2n) is 4.78. The molecule has 0 bridgehead atoms. The largest absolute Gasteiger partial charge is 0.493 e. The van der Waals surface area contributed by atoms with E-state index in [1.165, 1.54) is 0 Å². The molecule has 0 unspecified atom stereocenters. The van der Waals surface area contributed by atoms with Gasteiger partial charge in [-0.05, 0) is 32.4 Å². The van der Waals surface area contributed by atoms with Crippen LogP contribution < -0.4 is 14.2 Å². The highest BCUT2D eigenvalue weighted by molar-refractivity contribution is 5.73. The van der Waals surface area contributed by atoms with Crippen LogP contribution in [0.1, 0.15) is 20.3 Å². The molecule has 5 nitrogen and oxygen atoms in total. The Hall–Kier alpha value is -1.91. The van der Waals surface area contributed by atoms with Gasteiger partial charge in [-0.2, -0.15) is 0 Å². The van der Waals surface area contributed by atoms with E-state index in [9.17, 15) is 4.79 Å². The van der Waals surface area contributed by atoms with Gasteiger partial charge in [-0.15, -0.1) is 0 Å².